The largest absolute Gasteiger partial charge is 0.495 e. The Bertz CT molecular complexity index is 898. The highest BCUT2D eigenvalue weighted by atomic mass is 35.5. The summed E-state index contributed by atoms with van der Waals surface area (Å²) < 4.78 is 36.6. The first kappa shape index (κ1) is 20.0. The highest BCUT2D eigenvalue weighted by Crippen LogP contribution is 2.36. The summed E-state index contributed by atoms with van der Waals surface area (Å²) in [6.45, 7) is 1.97. The molecule has 0 aliphatic heterocycles. The maximum absolute atomic E-state index is 12.4. The van der Waals surface area contributed by atoms with Crippen LogP contribution in [0.25, 0.3) is 0 Å². The second-order valence-corrected chi connectivity index (χ2v) is 7.34. The minimum atomic E-state index is -3.57. The second-order valence-electron chi connectivity index (χ2n) is 5.17. The van der Waals surface area contributed by atoms with Crippen molar-refractivity contribution in [2.75, 3.05) is 26.1 Å². The third kappa shape index (κ3) is 4.46. The molecule has 0 bridgehead atoms. The van der Waals surface area contributed by atoms with Crippen LogP contribution in [0.5, 0.6) is 11.5 Å². The molecule has 2 N–H and O–H groups in total. The van der Waals surface area contributed by atoms with E-state index in [0.29, 0.717) is 22.2 Å². The van der Waals surface area contributed by atoms with Crippen LogP contribution in [0.3, 0.4) is 0 Å². The summed E-state index contributed by atoms with van der Waals surface area (Å²) in [7, 11) is -0.638. The molecule has 0 aliphatic carbocycles. The number of amides is 1. The van der Waals surface area contributed by atoms with Crippen molar-refractivity contribution in [3.8, 4) is 11.5 Å². The van der Waals surface area contributed by atoms with Crippen LogP contribution in [0.4, 0.5) is 5.69 Å². The Labute approximate surface area is 157 Å². The first-order valence-electron chi connectivity index (χ1n) is 7.65. The fourth-order valence-corrected chi connectivity index (χ4v) is 3.49. The zero-order valence-corrected chi connectivity index (χ0v) is 16.1. The molecular formula is C17H19ClN2O5S. The normalized spacial score (nSPS) is 11.1. The van der Waals surface area contributed by atoms with Crippen molar-refractivity contribution >= 4 is 33.2 Å². The molecule has 0 saturated carbocycles. The Morgan fingerprint density at radius 2 is 1.69 bits per heavy atom. The van der Waals surface area contributed by atoms with Gasteiger partial charge < -0.3 is 14.8 Å². The number of ether oxygens (including phenoxy) is 2. The summed E-state index contributed by atoms with van der Waals surface area (Å²) in [5, 5.41) is 3.00. The van der Waals surface area contributed by atoms with Crippen LogP contribution in [0, 0.1) is 0 Å². The first-order valence-corrected chi connectivity index (χ1v) is 9.51. The number of carbonyl (C=O) groups excluding carboxylic acids is 1. The number of rotatable bonds is 7. The van der Waals surface area contributed by atoms with Gasteiger partial charge >= 0.3 is 0 Å². The highest BCUT2D eigenvalue weighted by molar-refractivity contribution is 7.89. The number of nitrogens with one attached hydrogen (secondary N) is 2. The Morgan fingerprint density at radius 3 is 2.23 bits per heavy atom. The Balaban J connectivity index is 2.24. The number of hydrogen-bond donors (Lipinski definition) is 2. The summed E-state index contributed by atoms with van der Waals surface area (Å²) >= 11 is 6.08. The van der Waals surface area contributed by atoms with E-state index in [9.17, 15) is 13.2 Å². The fraction of sp³-hybridized carbons (Fsp3) is 0.235. The zero-order valence-electron chi connectivity index (χ0n) is 14.5. The third-order valence-corrected chi connectivity index (χ3v) is 5.34. The molecule has 0 spiro atoms. The molecule has 0 aromatic heterocycles. The Morgan fingerprint density at radius 1 is 1.08 bits per heavy atom. The van der Waals surface area contributed by atoms with Crippen molar-refractivity contribution in [2.45, 2.75) is 11.8 Å². The average Bonchev–Trinajstić information content (AvgIpc) is 2.62. The smallest absolute Gasteiger partial charge is 0.255 e. The van der Waals surface area contributed by atoms with Crippen molar-refractivity contribution < 1.29 is 22.7 Å². The SMILES string of the molecule is CCNS(=O)(=O)c1ccc(C(=O)Nc2cc(Cl)c(OC)cc2OC)cc1. The van der Waals surface area contributed by atoms with E-state index in [1.807, 2.05) is 0 Å². The molecule has 2 aromatic rings. The van der Waals surface area contributed by atoms with Crippen molar-refractivity contribution in [3.63, 3.8) is 0 Å². The van der Waals surface area contributed by atoms with E-state index in [0.717, 1.165) is 0 Å². The maximum atomic E-state index is 12.4. The van der Waals surface area contributed by atoms with E-state index in [1.54, 1.807) is 13.0 Å². The lowest BCUT2D eigenvalue weighted by Gasteiger charge is -2.13. The van der Waals surface area contributed by atoms with Crippen molar-refractivity contribution in [1.82, 2.24) is 4.72 Å². The molecule has 0 aliphatic rings. The lowest BCUT2D eigenvalue weighted by molar-refractivity contribution is 0.102. The van der Waals surface area contributed by atoms with Gasteiger partial charge in [-0.3, -0.25) is 4.79 Å². The number of anilines is 1. The minimum absolute atomic E-state index is 0.0842. The fourth-order valence-electron chi connectivity index (χ4n) is 2.21. The zero-order chi connectivity index (χ0) is 19.3. The molecule has 7 nitrogen and oxygen atoms in total. The average molecular weight is 399 g/mol. The van der Waals surface area contributed by atoms with E-state index in [2.05, 4.69) is 10.0 Å². The number of methoxy groups -OCH3 is 2. The third-order valence-electron chi connectivity index (χ3n) is 3.48. The molecule has 2 aromatic carbocycles. The molecule has 0 fully saturated rings. The van der Waals surface area contributed by atoms with Crippen LogP contribution in [0.2, 0.25) is 5.02 Å². The summed E-state index contributed by atoms with van der Waals surface area (Å²) in [4.78, 5) is 12.5. The number of halogens is 1. The summed E-state index contributed by atoms with van der Waals surface area (Å²) in [6, 6.07) is 8.66. The first-order chi connectivity index (χ1) is 12.3. The predicted octanol–water partition coefficient (Wildman–Crippen LogP) is 2.91. The lowest BCUT2D eigenvalue weighted by atomic mass is 10.2. The van der Waals surface area contributed by atoms with E-state index in [1.165, 1.54) is 44.6 Å². The number of hydrogen-bond acceptors (Lipinski definition) is 5. The Hall–Kier alpha value is -2.29. The number of benzene rings is 2. The molecule has 0 saturated heterocycles. The molecule has 140 valence electrons. The number of sulfonamides is 1. The van der Waals surface area contributed by atoms with Crippen LogP contribution in [-0.4, -0.2) is 35.1 Å². The molecule has 0 heterocycles. The monoisotopic (exact) mass is 398 g/mol. The lowest BCUT2D eigenvalue weighted by Crippen LogP contribution is -2.23. The van der Waals surface area contributed by atoms with Crippen molar-refractivity contribution in [2.24, 2.45) is 0 Å². The minimum Gasteiger partial charge on any atom is -0.495 e. The van der Waals surface area contributed by atoms with Crippen LogP contribution < -0.4 is 19.5 Å². The summed E-state index contributed by atoms with van der Waals surface area (Å²) in [6.07, 6.45) is 0. The van der Waals surface area contributed by atoms with Gasteiger partial charge in [0, 0.05) is 18.2 Å². The van der Waals surface area contributed by atoms with Crippen molar-refractivity contribution in [3.05, 3.63) is 47.0 Å². The van der Waals surface area contributed by atoms with Crippen LogP contribution in [-0.2, 0) is 10.0 Å². The summed E-state index contributed by atoms with van der Waals surface area (Å²) in [5.74, 6) is 0.363. The molecule has 2 rings (SSSR count). The van der Waals surface area contributed by atoms with Gasteiger partial charge in [0.15, 0.2) is 0 Å². The van der Waals surface area contributed by atoms with Crippen molar-refractivity contribution in [1.29, 1.82) is 0 Å². The van der Waals surface area contributed by atoms with Gasteiger partial charge in [-0.2, -0.15) is 0 Å². The molecule has 26 heavy (non-hydrogen) atoms. The van der Waals surface area contributed by atoms with E-state index in [4.69, 9.17) is 21.1 Å². The standard InChI is InChI=1S/C17H19ClN2O5S/c1-4-19-26(22,23)12-7-5-11(6-8-12)17(21)20-14-9-13(18)15(24-2)10-16(14)25-3/h5-10,19H,4H2,1-3H3,(H,20,21). The molecule has 0 atom stereocenters. The number of carbonyl (C=O) groups is 1. The maximum Gasteiger partial charge on any atom is 0.255 e. The van der Waals surface area contributed by atoms with E-state index < -0.39 is 15.9 Å². The quantitative estimate of drug-likeness (QED) is 0.747. The van der Waals surface area contributed by atoms with Crippen LogP contribution in [0.15, 0.2) is 41.3 Å². The molecule has 1 amide bonds. The second kappa shape index (κ2) is 8.39. The summed E-state index contributed by atoms with van der Waals surface area (Å²) in [5.41, 5.74) is 0.655. The highest BCUT2D eigenvalue weighted by Gasteiger charge is 2.16. The van der Waals surface area contributed by atoms with Crippen LogP contribution in [0.1, 0.15) is 17.3 Å². The van der Waals surface area contributed by atoms with Gasteiger partial charge in [0.05, 0.1) is 29.8 Å². The van der Waals surface area contributed by atoms with Gasteiger partial charge in [-0.15, -0.1) is 0 Å². The molecular weight excluding hydrogens is 380 g/mol. The van der Waals surface area contributed by atoms with Gasteiger partial charge in [0.25, 0.3) is 5.91 Å². The van der Waals surface area contributed by atoms with E-state index in [-0.39, 0.29) is 17.0 Å². The molecule has 9 heteroatoms. The topological polar surface area (TPSA) is 93.7 Å². The Kier molecular flexibility index (Phi) is 6.47. The van der Waals surface area contributed by atoms with Gasteiger partial charge in [0.2, 0.25) is 10.0 Å². The molecule has 0 radical (unpaired) electrons. The van der Waals surface area contributed by atoms with Gasteiger partial charge in [-0.25, -0.2) is 13.1 Å². The van der Waals surface area contributed by atoms with Gasteiger partial charge in [-0.05, 0) is 30.3 Å². The van der Waals surface area contributed by atoms with Crippen LogP contribution >= 0.6 is 11.6 Å². The molecule has 0 unspecified atom stereocenters. The van der Waals surface area contributed by atoms with Gasteiger partial charge in [-0.1, -0.05) is 18.5 Å². The van der Waals surface area contributed by atoms with E-state index >= 15 is 0 Å². The van der Waals surface area contributed by atoms with Gasteiger partial charge in [0.1, 0.15) is 11.5 Å². The predicted molar refractivity (Wildman–Crippen MR) is 99.8 cm³/mol.